The van der Waals surface area contributed by atoms with E-state index in [2.05, 4.69) is 10.6 Å². The predicted molar refractivity (Wildman–Crippen MR) is 119 cm³/mol. The van der Waals surface area contributed by atoms with Crippen LogP contribution in [0.25, 0.3) is 12.2 Å². The Hall–Kier alpha value is -3.92. The smallest absolute Gasteiger partial charge is 0.248 e. The summed E-state index contributed by atoms with van der Waals surface area (Å²) in [6, 6.07) is 24.6. The maximum absolute atomic E-state index is 12.2. The van der Waals surface area contributed by atoms with Crippen LogP contribution in [0.5, 0.6) is 0 Å². The Kier molecular flexibility index (Phi) is 6.74. The lowest BCUT2D eigenvalue weighted by molar-refractivity contribution is -0.112. The molecule has 0 heterocycles. The number of carbonyl (C=O) groups excluding carboxylic acids is 2. The van der Waals surface area contributed by atoms with E-state index in [1.165, 1.54) is 12.2 Å². The minimum Gasteiger partial charge on any atom is -0.322 e. The van der Waals surface area contributed by atoms with E-state index in [4.69, 9.17) is 0 Å². The third-order valence-electron chi connectivity index (χ3n) is 4.22. The van der Waals surface area contributed by atoms with Gasteiger partial charge in [-0.2, -0.15) is 0 Å². The summed E-state index contributed by atoms with van der Waals surface area (Å²) in [6.07, 6.45) is 6.48. The van der Waals surface area contributed by atoms with Crippen LogP contribution < -0.4 is 10.6 Å². The summed E-state index contributed by atoms with van der Waals surface area (Å²) in [5.41, 5.74) is 4.07. The number of hydrogen-bond donors (Lipinski definition) is 2. The number of hydrogen-bond acceptors (Lipinski definition) is 2. The van der Waals surface area contributed by atoms with Crippen LogP contribution in [0.1, 0.15) is 16.7 Å². The standard InChI is InChI=1S/C25H22N2O2/c1-19-12-15-22(26-24(28)16-13-20-8-4-2-5-9-20)18-23(19)27-25(29)17-14-21-10-6-3-7-11-21/h2-18H,1H3,(H,26,28)(H,27,29). The molecular weight excluding hydrogens is 360 g/mol. The molecule has 0 fully saturated rings. The number of anilines is 2. The molecule has 3 aromatic rings. The van der Waals surface area contributed by atoms with Gasteiger partial charge in [-0.05, 0) is 47.9 Å². The van der Waals surface area contributed by atoms with Crippen LogP contribution in [-0.4, -0.2) is 11.8 Å². The summed E-state index contributed by atoms with van der Waals surface area (Å²) in [5, 5.41) is 5.67. The molecule has 0 atom stereocenters. The molecule has 2 N–H and O–H groups in total. The molecule has 0 saturated carbocycles. The van der Waals surface area contributed by atoms with Crippen molar-refractivity contribution in [2.45, 2.75) is 6.92 Å². The zero-order valence-electron chi connectivity index (χ0n) is 16.1. The van der Waals surface area contributed by atoms with Gasteiger partial charge in [-0.3, -0.25) is 9.59 Å². The third-order valence-corrected chi connectivity index (χ3v) is 4.22. The Morgan fingerprint density at radius 3 is 1.76 bits per heavy atom. The summed E-state index contributed by atoms with van der Waals surface area (Å²) >= 11 is 0. The van der Waals surface area contributed by atoms with E-state index in [1.807, 2.05) is 73.7 Å². The highest BCUT2D eigenvalue weighted by Gasteiger charge is 2.05. The molecule has 0 aromatic heterocycles. The Labute approximate surface area is 170 Å². The lowest BCUT2D eigenvalue weighted by atomic mass is 10.1. The highest BCUT2D eigenvalue weighted by molar-refractivity contribution is 6.04. The van der Waals surface area contributed by atoms with E-state index in [1.54, 1.807) is 24.3 Å². The van der Waals surface area contributed by atoms with Gasteiger partial charge in [-0.25, -0.2) is 0 Å². The fourth-order valence-electron chi connectivity index (χ4n) is 2.66. The van der Waals surface area contributed by atoms with Crippen LogP contribution in [0.2, 0.25) is 0 Å². The lowest BCUT2D eigenvalue weighted by Gasteiger charge is -2.10. The van der Waals surface area contributed by atoms with Gasteiger partial charge >= 0.3 is 0 Å². The van der Waals surface area contributed by atoms with Gasteiger partial charge in [0, 0.05) is 23.5 Å². The van der Waals surface area contributed by atoms with Crippen molar-refractivity contribution < 1.29 is 9.59 Å². The van der Waals surface area contributed by atoms with Crippen molar-refractivity contribution in [2.75, 3.05) is 10.6 Å². The third kappa shape index (κ3) is 6.33. The number of carbonyl (C=O) groups is 2. The van der Waals surface area contributed by atoms with Crippen molar-refractivity contribution in [2.24, 2.45) is 0 Å². The molecule has 0 aliphatic rings. The Morgan fingerprint density at radius 1 is 0.690 bits per heavy atom. The first-order valence-electron chi connectivity index (χ1n) is 9.29. The zero-order valence-corrected chi connectivity index (χ0v) is 16.1. The molecule has 0 bridgehead atoms. The van der Waals surface area contributed by atoms with Gasteiger partial charge < -0.3 is 10.6 Å². The molecule has 3 rings (SSSR count). The normalized spacial score (nSPS) is 10.9. The van der Waals surface area contributed by atoms with Crippen LogP contribution in [0.4, 0.5) is 11.4 Å². The maximum Gasteiger partial charge on any atom is 0.248 e. The van der Waals surface area contributed by atoms with Crippen molar-refractivity contribution in [3.05, 3.63) is 108 Å². The first kappa shape index (κ1) is 19.8. The van der Waals surface area contributed by atoms with Gasteiger partial charge in [-0.15, -0.1) is 0 Å². The van der Waals surface area contributed by atoms with E-state index in [-0.39, 0.29) is 11.8 Å². The minimum absolute atomic E-state index is 0.232. The fourth-order valence-corrected chi connectivity index (χ4v) is 2.66. The van der Waals surface area contributed by atoms with E-state index in [0.717, 1.165) is 16.7 Å². The first-order valence-corrected chi connectivity index (χ1v) is 9.29. The molecule has 0 saturated heterocycles. The van der Waals surface area contributed by atoms with Crippen molar-refractivity contribution in [3.63, 3.8) is 0 Å². The van der Waals surface area contributed by atoms with E-state index >= 15 is 0 Å². The van der Waals surface area contributed by atoms with Gasteiger partial charge in [-0.1, -0.05) is 66.7 Å². The topological polar surface area (TPSA) is 58.2 Å². The van der Waals surface area contributed by atoms with Crippen LogP contribution in [0.3, 0.4) is 0 Å². The highest BCUT2D eigenvalue weighted by atomic mass is 16.2. The second kappa shape index (κ2) is 9.85. The number of amides is 2. The maximum atomic E-state index is 12.2. The molecule has 0 unspecified atom stereocenters. The van der Waals surface area contributed by atoms with Crippen molar-refractivity contribution in [3.8, 4) is 0 Å². The average Bonchev–Trinajstić information content (AvgIpc) is 2.75. The van der Waals surface area contributed by atoms with E-state index < -0.39 is 0 Å². The fraction of sp³-hybridized carbons (Fsp3) is 0.0400. The largest absolute Gasteiger partial charge is 0.322 e. The molecule has 29 heavy (non-hydrogen) atoms. The summed E-state index contributed by atoms with van der Waals surface area (Å²) in [4.78, 5) is 24.4. The zero-order chi connectivity index (χ0) is 20.5. The Morgan fingerprint density at radius 2 is 1.21 bits per heavy atom. The number of aryl methyl sites for hydroxylation is 1. The molecule has 4 nitrogen and oxygen atoms in total. The second-order valence-corrected chi connectivity index (χ2v) is 6.50. The average molecular weight is 382 g/mol. The Balaban J connectivity index is 1.63. The van der Waals surface area contributed by atoms with Gasteiger partial charge in [0.25, 0.3) is 0 Å². The minimum atomic E-state index is -0.237. The second-order valence-electron chi connectivity index (χ2n) is 6.50. The van der Waals surface area contributed by atoms with Crippen LogP contribution >= 0.6 is 0 Å². The quantitative estimate of drug-likeness (QED) is 0.569. The number of benzene rings is 3. The van der Waals surface area contributed by atoms with Crippen molar-refractivity contribution in [1.29, 1.82) is 0 Å². The number of rotatable bonds is 6. The summed E-state index contributed by atoms with van der Waals surface area (Å²) in [7, 11) is 0. The highest BCUT2D eigenvalue weighted by Crippen LogP contribution is 2.20. The first-order chi connectivity index (χ1) is 14.1. The molecule has 3 aromatic carbocycles. The SMILES string of the molecule is Cc1ccc(NC(=O)C=Cc2ccccc2)cc1NC(=O)C=Cc1ccccc1. The van der Waals surface area contributed by atoms with E-state index in [0.29, 0.717) is 11.4 Å². The van der Waals surface area contributed by atoms with Crippen LogP contribution in [0.15, 0.2) is 91.0 Å². The molecule has 0 aliphatic heterocycles. The predicted octanol–water partition coefficient (Wildman–Crippen LogP) is 5.30. The monoisotopic (exact) mass is 382 g/mol. The summed E-state index contributed by atoms with van der Waals surface area (Å²) < 4.78 is 0. The van der Waals surface area contributed by atoms with Crippen LogP contribution in [-0.2, 0) is 9.59 Å². The van der Waals surface area contributed by atoms with Crippen molar-refractivity contribution in [1.82, 2.24) is 0 Å². The summed E-state index contributed by atoms with van der Waals surface area (Å²) in [5.74, 6) is -0.469. The molecule has 144 valence electrons. The van der Waals surface area contributed by atoms with Gasteiger partial charge in [0.1, 0.15) is 0 Å². The molecular formula is C25H22N2O2. The summed E-state index contributed by atoms with van der Waals surface area (Å²) in [6.45, 7) is 1.90. The molecule has 0 radical (unpaired) electrons. The van der Waals surface area contributed by atoms with Crippen LogP contribution in [0, 0.1) is 6.92 Å². The molecule has 2 amide bonds. The van der Waals surface area contributed by atoms with Gasteiger partial charge in [0.2, 0.25) is 11.8 Å². The molecule has 4 heteroatoms. The lowest BCUT2D eigenvalue weighted by Crippen LogP contribution is -2.11. The van der Waals surface area contributed by atoms with Crippen molar-refractivity contribution >= 4 is 35.3 Å². The Bertz CT molecular complexity index is 1040. The van der Waals surface area contributed by atoms with Gasteiger partial charge in [0.15, 0.2) is 0 Å². The molecule has 0 spiro atoms. The molecule has 0 aliphatic carbocycles. The van der Waals surface area contributed by atoms with E-state index in [9.17, 15) is 9.59 Å². The van der Waals surface area contributed by atoms with Gasteiger partial charge in [0.05, 0.1) is 0 Å². The number of nitrogens with one attached hydrogen (secondary N) is 2.